The molecule has 6 heteroatoms. The number of benzene rings is 1. The molecule has 2 heterocycles. The molecule has 0 spiro atoms. The summed E-state index contributed by atoms with van der Waals surface area (Å²) < 4.78 is 0. The number of carbonyl (C=O) groups excluding carboxylic acids is 1. The van der Waals surface area contributed by atoms with E-state index in [-0.39, 0.29) is 5.91 Å². The van der Waals surface area contributed by atoms with Crippen LogP contribution in [0.3, 0.4) is 0 Å². The van der Waals surface area contributed by atoms with Crippen molar-refractivity contribution in [3.8, 4) is 10.6 Å². The van der Waals surface area contributed by atoms with Crippen LogP contribution in [0, 0.1) is 19.8 Å². The van der Waals surface area contributed by atoms with Crippen molar-refractivity contribution in [2.75, 3.05) is 18.4 Å². The van der Waals surface area contributed by atoms with Crippen molar-refractivity contribution in [2.24, 2.45) is 5.92 Å². The lowest BCUT2D eigenvalue weighted by atomic mass is 10.0. The largest absolute Gasteiger partial charge is 0.316 e. The van der Waals surface area contributed by atoms with E-state index in [0.717, 1.165) is 30.1 Å². The second-order valence-corrected chi connectivity index (χ2v) is 7.15. The van der Waals surface area contributed by atoms with Crippen LogP contribution in [0.25, 0.3) is 10.6 Å². The van der Waals surface area contributed by atoms with Crippen molar-refractivity contribution < 1.29 is 4.79 Å². The second kappa shape index (κ2) is 7.19. The number of aryl methyl sites for hydroxylation is 2. The van der Waals surface area contributed by atoms with Crippen molar-refractivity contribution in [1.82, 2.24) is 15.5 Å². The predicted octanol–water partition coefficient (Wildman–Crippen LogP) is 3.15. The fourth-order valence-electron chi connectivity index (χ4n) is 2.91. The first-order valence-corrected chi connectivity index (χ1v) is 8.85. The fraction of sp³-hybridized carbons (Fsp3) is 0.471. The Morgan fingerprint density at radius 2 is 2.26 bits per heavy atom. The highest BCUT2D eigenvalue weighted by atomic mass is 32.1. The van der Waals surface area contributed by atoms with Gasteiger partial charge in [0.25, 0.3) is 0 Å². The van der Waals surface area contributed by atoms with Crippen LogP contribution >= 0.6 is 11.3 Å². The van der Waals surface area contributed by atoms with Gasteiger partial charge >= 0.3 is 0 Å². The second-order valence-electron chi connectivity index (χ2n) is 6.18. The molecular formula is C17H22N4OS. The first-order valence-electron chi connectivity index (χ1n) is 8.03. The minimum Gasteiger partial charge on any atom is -0.316 e. The average Bonchev–Trinajstić information content (AvgIpc) is 3.17. The van der Waals surface area contributed by atoms with Crippen LogP contribution in [0.2, 0.25) is 0 Å². The highest BCUT2D eigenvalue weighted by Crippen LogP contribution is 2.29. The molecule has 1 atom stereocenters. The van der Waals surface area contributed by atoms with E-state index in [1.807, 2.05) is 0 Å². The number of aromatic nitrogens is 2. The first-order chi connectivity index (χ1) is 11.1. The van der Waals surface area contributed by atoms with Crippen LogP contribution < -0.4 is 10.6 Å². The number of nitrogens with one attached hydrogen (secondary N) is 2. The molecule has 2 N–H and O–H groups in total. The van der Waals surface area contributed by atoms with E-state index in [2.05, 4.69) is 52.9 Å². The Morgan fingerprint density at radius 3 is 3.00 bits per heavy atom. The third kappa shape index (κ3) is 4.14. The van der Waals surface area contributed by atoms with Crippen molar-refractivity contribution in [3.05, 3.63) is 29.3 Å². The van der Waals surface area contributed by atoms with Crippen molar-refractivity contribution in [3.63, 3.8) is 0 Å². The molecule has 1 fully saturated rings. The van der Waals surface area contributed by atoms with Crippen LogP contribution in [0.15, 0.2) is 18.2 Å². The van der Waals surface area contributed by atoms with Crippen LogP contribution in [-0.2, 0) is 4.79 Å². The lowest BCUT2D eigenvalue weighted by Gasteiger charge is -2.06. The molecule has 1 saturated heterocycles. The zero-order valence-corrected chi connectivity index (χ0v) is 14.4. The van der Waals surface area contributed by atoms with E-state index in [0.29, 0.717) is 17.5 Å². The third-order valence-electron chi connectivity index (χ3n) is 4.23. The zero-order chi connectivity index (χ0) is 16.2. The van der Waals surface area contributed by atoms with Crippen molar-refractivity contribution in [2.45, 2.75) is 33.1 Å². The predicted molar refractivity (Wildman–Crippen MR) is 93.7 cm³/mol. The quantitative estimate of drug-likeness (QED) is 0.884. The van der Waals surface area contributed by atoms with Crippen LogP contribution in [0.4, 0.5) is 5.13 Å². The molecule has 1 unspecified atom stereocenters. The van der Waals surface area contributed by atoms with Crippen LogP contribution in [0.5, 0.6) is 0 Å². The minimum absolute atomic E-state index is 0.0280. The van der Waals surface area contributed by atoms with Gasteiger partial charge in [-0.2, -0.15) is 0 Å². The summed E-state index contributed by atoms with van der Waals surface area (Å²) in [4.78, 5) is 12.0. The monoisotopic (exact) mass is 330 g/mol. The summed E-state index contributed by atoms with van der Waals surface area (Å²) in [5.41, 5.74) is 3.48. The summed E-state index contributed by atoms with van der Waals surface area (Å²) in [6.45, 7) is 6.24. The molecule has 5 nitrogen and oxygen atoms in total. The standard InChI is InChI=1S/C17H22N4OS/c1-11-3-5-14(12(2)9-11)16-20-21-17(23-16)19-15(22)6-4-13-7-8-18-10-13/h3,5,9,13,18H,4,6-8,10H2,1-2H3,(H,19,21,22). The summed E-state index contributed by atoms with van der Waals surface area (Å²) in [5.74, 6) is 0.654. The van der Waals surface area contributed by atoms with Gasteiger partial charge in [0.15, 0.2) is 0 Å². The smallest absolute Gasteiger partial charge is 0.226 e. The lowest BCUT2D eigenvalue weighted by Crippen LogP contribution is -2.14. The van der Waals surface area contributed by atoms with E-state index in [4.69, 9.17) is 0 Å². The van der Waals surface area contributed by atoms with Gasteiger partial charge in [-0.05, 0) is 51.3 Å². The fourth-order valence-corrected chi connectivity index (χ4v) is 3.76. The summed E-state index contributed by atoms with van der Waals surface area (Å²) in [7, 11) is 0. The number of hydrogen-bond donors (Lipinski definition) is 2. The SMILES string of the molecule is Cc1ccc(-c2nnc(NC(=O)CCC3CCNC3)s2)c(C)c1. The molecule has 0 saturated carbocycles. The van der Waals surface area contributed by atoms with Gasteiger partial charge in [0.05, 0.1) is 0 Å². The maximum absolute atomic E-state index is 12.0. The van der Waals surface area contributed by atoms with Gasteiger partial charge in [0, 0.05) is 12.0 Å². The Kier molecular flexibility index (Phi) is 5.03. The number of nitrogens with zero attached hydrogens (tertiary/aromatic N) is 2. The molecule has 23 heavy (non-hydrogen) atoms. The van der Waals surface area contributed by atoms with Gasteiger partial charge in [0.2, 0.25) is 11.0 Å². The Balaban J connectivity index is 1.59. The highest BCUT2D eigenvalue weighted by Gasteiger charge is 2.16. The summed E-state index contributed by atoms with van der Waals surface area (Å²) in [6, 6.07) is 6.26. The molecule has 1 aliphatic rings. The maximum atomic E-state index is 12.0. The molecule has 3 rings (SSSR count). The van der Waals surface area contributed by atoms with Crippen molar-refractivity contribution >= 4 is 22.4 Å². The summed E-state index contributed by atoms with van der Waals surface area (Å²) in [6.07, 6.45) is 2.65. The number of anilines is 1. The topological polar surface area (TPSA) is 66.9 Å². The number of amides is 1. The van der Waals surface area contributed by atoms with Gasteiger partial charge in [-0.3, -0.25) is 4.79 Å². The number of rotatable bonds is 5. The number of hydrogen-bond acceptors (Lipinski definition) is 5. The van der Waals surface area contributed by atoms with E-state index in [1.165, 1.54) is 28.9 Å². The Morgan fingerprint density at radius 1 is 1.39 bits per heavy atom. The Labute approximate surface area is 140 Å². The molecule has 1 aromatic carbocycles. The van der Waals surface area contributed by atoms with Gasteiger partial charge in [-0.15, -0.1) is 10.2 Å². The molecule has 0 bridgehead atoms. The third-order valence-corrected chi connectivity index (χ3v) is 5.10. The molecule has 122 valence electrons. The molecule has 0 aliphatic carbocycles. The molecule has 0 radical (unpaired) electrons. The van der Waals surface area contributed by atoms with E-state index in [9.17, 15) is 4.79 Å². The van der Waals surface area contributed by atoms with E-state index >= 15 is 0 Å². The molecular weight excluding hydrogens is 308 g/mol. The molecule has 1 aromatic heterocycles. The normalized spacial score (nSPS) is 17.4. The van der Waals surface area contributed by atoms with E-state index in [1.54, 1.807) is 0 Å². The van der Waals surface area contributed by atoms with Gasteiger partial charge in [-0.25, -0.2) is 0 Å². The molecule has 2 aromatic rings. The van der Waals surface area contributed by atoms with Crippen molar-refractivity contribution in [1.29, 1.82) is 0 Å². The minimum atomic E-state index is 0.0280. The maximum Gasteiger partial charge on any atom is 0.226 e. The Hall–Kier alpha value is -1.79. The summed E-state index contributed by atoms with van der Waals surface area (Å²) >= 11 is 1.43. The molecule has 1 amide bonds. The average molecular weight is 330 g/mol. The number of carbonyl (C=O) groups is 1. The molecule has 1 aliphatic heterocycles. The lowest BCUT2D eigenvalue weighted by molar-refractivity contribution is -0.116. The van der Waals surface area contributed by atoms with Gasteiger partial charge in [0.1, 0.15) is 5.01 Å². The van der Waals surface area contributed by atoms with E-state index < -0.39 is 0 Å². The van der Waals surface area contributed by atoms with Gasteiger partial charge in [-0.1, -0.05) is 35.1 Å². The first kappa shape index (κ1) is 16.1. The zero-order valence-electron chi connectivity index (χ0n) is 13.6. The van der Waals surface area contributed by atoms with Crippen LogP contribution in [0.1, 0.15) is 30.4 Å². The highest BCUT2D eigenvalue weighted by molar-refractivity contribution is 7.18. The Bertz CT molecular complexity index is 692. The summed E-state index contributed by atoms with van der Waals surface area (Å²) in [5, 5.41) is 15.9. The van der Waals surface area contributed by atoms with Gasteiger partial charge < -0.3 is 10.6 Å². The van der Waals surface area contributed by atoms with Crippen LogP contribution in [-0.4, -0.2) is 29.2 Å².